The van der Waals surface area contributed by atoms with Crippen LogP contribution in [-0.2, 0) is 6.18 Å². The summed E-state index contributed by atoms with van der Waals surface area (Å²) in [5.74, 6) is 0. The van der Waals surface area contributed by atoms with E-state index >= 15 is 0 Å². The van der Waals surface area contributed by atoms with Crippen LogP contribution < -0.4 is 5.32 Å². The number of nitrogens with one attached hydrogen (secondary N) is 1. The fourth-order valence-electron chi connectivity index (χ4n) is 1.46. The molecule has 1 unspecified atom stereocenters. The van der Waals surface area contributed by atoms with Crippen LogP contribution in [0, 0.1) is 6.92 Å². The van der Waals surface area contributed by atoms with E-state index in [9.17, 15) is 13.2 Å². The highest BCUT2D eigenvalue weighted by Crippen LogP contribution is 2.36. The predicted molar refractivity (Wildman–Crippen MR) is 62.7 cm³/mol. The molecule has 1 N–H and O–H groups in total. The first-order chi connectivity index (χ1) is 8.43. The Morgan fingerprint density at radius 2 is 2.11 bits per heavy atom. The van der Waals surface area contributed by atoms with Crippen LogP contribution in [0.2, 0.25) is 0 Å². The lowest BCUT2D eigenvalue weighted by atomic mass is 10.2. The van der Waals surface area contributed by atoms with Gasteiger partial charge < -0.3 is 5.32 Å². The maximum absolute atomic E-state index is 12.5. The Balaban J connectivity index is 2.35. The van der Waals surface area contributed by atoms with Crippen LogP contribution in [0.15, 0.2) is 6.20 Å². The lowest BCUT2D eigenvalue weighted by Crippen LogP contribution is -2.16. The van der Waals surface area contributed by atoms with E-state index in [0.29, 0.717) is 21.9 Å². The Bertz CT molecular complexity index is 534. The molecule has 0 saturated carbocycles. The van der Waals surface area contributed by atoms with Gasteiger partial charge in [0.25, 0.3) is 0 Å². The Hall–Kier alpha value is -1.06. The zero-order valence-corrected chi connectivity index (χ0v) is 11.1. The van der Waals surface area contributed by atoms with Crippen molar-refractivity contribution in [3.05, 3.63) is 26.7 Å². The fourth-order valence-corrected chi connectivity index (χ4v) is 3.21. The number of thiazole rings is 1. The van der Waals surface area contributed by atoms with Gasteiger partial charge in [0.05, 0.1) is 16.6 Å². The molecule has 0 aromatic carbocycles. The molecule has 0 radical (unpaired) electrons. The molecule has 0 fully saturated rings. The van der Waals surface area contributed by atoms with Crippen LogP contribution in [0.25, 0.3) is 0 Å². The van der Waals surface area contributed by atoms with Crippen LogP contribution in [-0.4, -0.2) is 21.6 Å². The Kier molecular flexibility index (Phi) is 3.64. The standard InChI is InChI=1S/C9H9F3N4S2/c1-4-7(18-16-15-4)6(13-2)5-3-14-8(17-5)9(10,11)12/h3,6,13H,1-2H3. The van der Waals surface area contributed by atoms with Crippen molar-refractivity contribution in [2.75, 3.05) is 7.05 Å². The van der Waals surface area contributed by atoms with Gasteiger partial charge in [-0.05, 0) is 25.5 Å². The predicted octanol–water partition coefficient (Wildman–Crippen LogP) is 2.63. The van der Waals surface area contributed by atoms with Crippen molar-refractivity contribution in [1.29, 1.82) is 0 Å². The first-order valence-electron chi connectivity index (χ1n) is 4.92. The molecular formula is C9H9F3N4S2. The normalized spacial score (nSPS) is 13.8. The van der Waals surface area contributed by atoms with E-state index in [1.165, 1.54) is 17.7 Å². The summed E-state index contributed by atoms with van der Waals surface area (Å²) in [4.78, 5) is 4.71. The van der Waals surface area contributed by atoms with Gasteiger partial charge >= 0.3 is 6.18 Å². The van der Waals surface area contributed by atoms with E-state index in [4.69, 9.17) is 0 Å². The average Bonchev–Trinajstić information content (AvgIpc) is 2.89. The van der Waals surface area contributed by atoms with E-state index in [-0.39, 0.29) is 6.04 Å². The van der Waals surface area contributed by atoms with Gasteiger partial charge in [-0.3, -0.25) is 0 Å². The maximum Gasteiger partial charge on any atom is 0.443 e. The van der Waals surface area contributed by atoms with E-state index in [1.54, 1.807) is 14.0 Å². The molecular weight excluding hydrogens is 285 g/mol. The van der Waals surface area contributed by atoms with Crippen LogP contribution in [0.1, 0.15) is 26.5 Å². The Morgan fingerprint density at radius 1 is 1.39 bits per heavy atom. The molecule has 0 amide bonds. The Labute approximate surface area is 109 Å². The van der Waals surface area contributed by atoms with Crippen molar-refractivity contribution in [2.24, 2.45) is 0 Å². The number of rotatable bonds is 3. The third-order valence-electron chi connectivity index (χ3n) is 2.29. The second kappa shape index (κ2) is 4.90. The SMILES string of the molecule is CNC(c1cnc(C(F)(F)F)s1)c1snnc1C. The summed E-state index contributed by atoms with van der Waals surface area (Å²) in [5.41, 5.74) is 0.710. The number of hydrogen-bond acceptors (Lipinski definition) is 6. The summed E-state index contributed by atoms with van der Waals surface area (Å²) in [6.07, 6.45) is -3.16. The van der Waals surface area contributed by atoms with Crippen molar-refractivity contribution < 1.29 is 13.2 Å². The van der Waals surface area contributed by atoms with Gasteiger partial charge in [0, 0.05) is 11.1 Å². The number of aryl methyl sites for hydroxylation is 1. The minimum absolute atomic E-state index is 0.349. The van der Waals surface area contributed by atoms with Crippen molar-refractivity contribution >= 4 is 22.9 Å². The van der Waals surface area contributed by atoms with E-state index < -0.39 is 11.2 Å². The second-order valence-electron chi connectivity index (χ2n) is 3.51. The van der Waals surface area contributed by atoms with E-state index in [2.05, 4.69) is 19.9 Å². The molecule has 0 aliphatic rings. The van der Waals surface area contributed by atoms with Gasteiger partial charge in [-0.15, -0.1) is 16.4 Å². The molecule has 2 aromatic heterocycles. The largest absolute Gasteiger partial charge is 0.443 e. The van der Waals surface area contributed by atoms with Gasteiger partial charge in [0.1, 0.15) is 0 Å². The minimum atomic E-state index is -4.40. The topological polar surface area (TPSA) is 50.7 Å². The smallest absolute Gasteiger partial charge is 0.308 e. The molecule has 98 valence electrons. The minimum Gasteiger partial charge on any atom is -0.308 e. The number of aromatic nitrogens is 3. The first-order valence-corrected chi connectivity index (χ1v) is 6.51. The van der Waals surface area contributed by atoms with Crippen molar-refractivity contribution in [2.45, 2.75) is 19.1 Å². The number of nitrogens with zero attached hydrogens (tertiary/aromatic N) is 3. The summed E-state index contributed by atoms with van der Waals surface area (Å²) in [6.45, 7) is 1.77. The Morgan fingerprint density at radius 3 is 2.56 bits per heavy atom. The summed E-state index contributed by atoms with van der Waals surface area (Å²) >= 11 is 1.80. The van der Waals surface area contributed by atoms with Gasteiger partial charge in [-0.2, -0.15) is 13.2 Å². The molecule has 0 spiro atoms. The molecule has 4 nitrogen and oxygen atoms in total. The third-order valence-corrected chi connectivity index (χ3v) is 4.29. The number of alkyl halides is 3. The molecule has 0 saturated heterocycles. The molecule has 2 heterocycles. The van der Waals surface area contributed by atoms with Crippen LogP contribution >= 0.6 is 22.9 Å². The zero-order chi connectivity index (χ0) is 13.3. The molecule has 1 atom stereocenters. The number of halogens is 3. The van der Waals surface area contributed by atoms with Crippen LogP contribution in [0.5, 0.6) is 0 Å². The lowest BCUT2D eigenvalue weighted by molar-refractivity contribution is -0.137. The third kappa shape index (κ3) is 2.52. The number of hydrogen-bond donors (Lipinski definition) is 1. The van der Waals surface area contributed by atoms with Gasteiger partial charge in [0.15, 0.2) is 5.01 Å². The fraction of sp³-hybridized carbons (Fsp3) is 0.444. The highest BCUT2D eigenvalue weighted by molar-refractivity contribution is 7.12. The first kappa shape index (κ1) is 13.4. The van der Waals surface area contributed by atoms with Crippen molar-refractivity contribution in [3.8, 4) is 0 Å². The molecule has 0 bridgehead atoms. The summed E-state index contributed by atoms with van der Waals surface area (Å²) in [5, 5.41) is 5.98. The van der Waals surface area contributed by atoms with Crippen LogP contribution in [0.3, 0.4) is 0 Å². The molecule has 0 aliphatic carbocycles. The molecule has 2 rings (SSSR count). The highest BCUT2D eigenvalue weighted by Gasteiger charge is 2.35. The molecule has 0 aliphatic heterocycles. The van der Waals surface area contributed by atoms with Gasteiger partial charge in [-0.25, -0.2) is 4.98 Å². The van der Waals surface area contributed by atoms with E-state index in [0.717, 1.165) is 4.88 Å². The lowest BCUT2D eigenvalue weighted by Gasteiger charge is -2.11. The van der Waals surface area contributed by atoms with Crippen LogP contribution in [0.4, 0.5) is 13.2 Å². The quantitative estimate of drug-likeness (QED) is 0.945. The molecule has 18 heavy (non-hydrogen) atoms. The summed E-state index contributed by atoms with van der Waals surface area (Å²) < 4.78 is 41.3. The highest BCUT2D eigenvalue weighted by atomic mass is 32.1. The van der Waals surface area contributed by atoms with Gasteiger partial charge in [-0.1, -0.05) is 4.49 Å². The zero-order valence-electron chi connectivity index (χ0n) is 9.45. The van der Waals surface area contributed by atoms with Crippen molar-refractivity contribution in [3.63, 3.8) is 0 Å². The maximum atomic E-state index is 12.5. The molecule has 2 aromatic rings. The second-order valence-corrected chi connectivity index (χ2v) is 5.36. The average molecular weight is 294 g/mol. The summed E-state index contributed by atoms with van der Waals surface area (Å²) in [6, 6.07) is -0.349. The molecule has 9 heteroatoms. The monoisotopic (exact) mass is 294 g/mol. The van der Waals surface area contributed by atoms with Crippen molar-refractivity contribution in [1.82, 2.24) is 19.9 Å². The van der Waals surface area contributed by atoms with Gasteiger partial charge in [0.2, 0.25) is 0 Å². The van der Waals surface area contributed by atoms with E-state index in [1.807, 2.05) is 0 Å². The summed E-state index contributed by atoms with van der Waals surface area (Å²) in [7, 11) is 1.68.